The maximum Gasteiger partial charge on any atom is 0.380 e. The van der Waals surface area contributed by atoms with Crippen molar-refractivity contribution >= 4 is 16.1 Å². The number of rotatable bonds is 8. The zero-order chi connectivity index (χ0) is 15.1. The van der Waals surface area contributed by atoms with Gasteiger partial charge in [-0.15, -0.1) is 4.40 Å². The summed E-state index contributed by atoms with van der Waals surface area (Å²) in [6.07, 6.45) is 5.97. The highest BCUT2D eigenvalue weighted by Crippen LogP contribution is 2.29. The van der Waals surface area contributed by atoms with Gasteiger partial charge in [0.05, 0.1) is 0 Å². The van der Waals surface area contributed by atoms with Gasteiger partial charge in [-0.25, -0.2) is 0 Å². The van der Waals surface area contributed by atoms with Gasteiger partial charge in [0.2, 0.25) is 0 Å². The second-order valence-electron chi connectivity index (χ2n) is 5.97. The molecular weight excluding hydrogens is 264 g/mol. The van der Waals surface area contributed by atoms with Crippen molar-refractivity contribution in [1.29, 1.82) is 0 Å². The van der Waals surface area contributed by atoms with Crippen LogP contribution in [-0.2, 0) is 10.3 Å². The molecule has 114 valence electrons. The van der Waals surface area contributed by atoms with E-state index in [1.165, 1.54) is 12.8 Å². The minimum Gasteiger partial charge on any atom is -0.365 e. The van der Waals surface area contributed by atoms with Crippen LogP contribution in [0.3, 0.4) is 0 Å². The largest absolute Gasteiger partial charge is 0.380 e. The lowest BCUT2D eigenvalue weighted by Crippen LogP contribution is -2.23. The number of nitrogens with zero attached hydrogens (tertiary/aromatic N) is 2. The summed E-state index contributed by atoms with van der Waals surface area (Å²) in [5.41, 5.74) is 0.341. The molecule has 0 aliphatic carbocycles. The lowest BCUT2D eigenvalue weighted by Gasteiger charge is -2.24. The summed E-state index contributed by atoms with van der Waals surface area (Å²) in [4.78, 5) is 1.63. The molecule has 0 fully saturated rings. The first-order chi connectivity index (χ1) is 8.57. The molecular formula is C13H28N2O3S. The molecule has 1 N–H and O–H groups in total. The van der Waals surface area contributed by atoms with Gasteiger partial charge in [-0.05, 0) is 24.7 Å². The number of hydrogen-bond donors (Lipinski definition) is 1. The van der Waals surface area contributed by atoms with Crippen molar-refractivity contribution in [2.75, 3.05) is 14.1 Å². The molecule has 0 bridgehead atoms. The number of unbranched alkanes of at least 4 members (excludes halogenated alkanes) is 1. The topological polar surface area (TPSA) is 70.0 Å². The van der Waals surface area contributed by atoms with Crippen LogP contribution in [0, 0.1) is 5.41 Å². The van der Waals surface area contributed by atoms with Gasteiger partial charge < -0.3 is 4.90 Å². The Hall–Kier alpha value is -0.620. The van der Waals surface area contributed by atoms with Crippen LogP contribution in [0.4, 0.5) is 0 Å². The summed E-state index contributed by atoms with van der Waals surface area (Å²) in [5.74, 6) is 0.399. The summed E-state index contributed by atoms with van der Waals surface area (Å²) in [5, 5.41) is 0. The molecule has 0 aliphatic rings. The fourth-order valence-corrected chi connectivity index (χ4v) is 2.69. The fraction of sp³-hybridized carbons (Fsp3) is 0.923. The van der Waals surface area contributed by atoms with Crippen molar-refractivity contribution in [1.82, 2.24) is 4.90 Å². The molecule has 0 spiro atoms. The van der Waals surface area contributed by atoms with E-state index in [0.29, 0.717) is 17.7 Å². The highest BCUT2D eigenvalue weighted by molar-refractivity contribution is 7.84. The fourth-order valence-electron chi connectivity index (χ4n) is 2.17. The van der Waals surface area contributed by atoms with E-state index in [1.54, 1.807) is 19.0 Å². The lowest BCUT2D eigenvalue weighted by atomic mass is 9.83. The van der Waals surface area contributed by atoms with Crippen molar-refractivity contribution in [2.45, 2.75) is 59.3 Å². The standard InChI is InChI=1S/C13H28N2O3S/c1-6-10-13(2,3)11-8-7-9-12(15(4)5)14-19(16,17)18/h6-11H2,1-5H3,(H,16,17,18). The second-order valence-corrected chi connectivity index (χ2v) is 7.05. The van der Waals surface area contributed by atoms with Gasteiger partial charge >= 0.3 is 10.3 Å². The van der Waals surface area contributed by atoms with Crippen molar-refractivity contribution in [3.63, 3.8) is 0 Å². The second kappa shape index (κ2) is 7.85. The Balaban J connectivity index is 4.27. The van der Waals surface area contributed by atoms with E-state index in [-0.39, 0.29) is 0 Å². The van der Waals surface area contributed by atoms with Crippen molar-refractivity contribution < 1.29 is 13.0 Å². The maximum atomic E-state index is 10.8. The summed E-state index contributed by atoms with van der Waals surface area (Å²) in [6.45, 7) is 6.70. The SMILES string of the molecule is CCCC(C)(C)CCCCC(=NS(=O)(=O)O)N(C)C. The van der Waals surface area contributed by atoms with Crippen LogP contribution in [0.5, 0.6) is 0 Å². The molecule has 19 heavy (non-hydrogen) atoms. The van der Waals surface area contributed by atoms with E-state index in [4.69, 9.17) is 4.55 Å². The monoisotopic (exact) mass is 292 g/mol. The van der Waals surface area contributed by atoms with Gasteiger partial charge in [0, 0.05) is 20.5 Å². The van der Waals surface area contributed by atoms with Crippen LogP contribution in [0.15, 0.2) is 4.40 Å². The Kier molecular flexibility index (Phi) is 7.59. The number of hydrogen-bond acceptors (Lipinski definition) is 2. The maximum absolute atomic E-state index is 10.8. The van der Waals surface area contributed by atoms with Gasteiger partial charge in [0.15, 0.2) is 0 Å². The summed E-state index contributed by atoms with van der Waals surface area (Å²) in [6, 6.07) is 0. The van der Waals surface area contributed by atoms with Gasteiger partial charge in [-0.1, -0.05) is 33.6 Å². The van der Waals surface area contributed by atoms with Crippen LogP contribution >= 0.6 is 0 Å². The quantitative estimate of drug-likeness (QED) is 0.323. The van der Waals surface area contributed by atoms with E-state index in [0.717, 1.165) is 19.3 Å². The summed E-state index contributed by atoms with van der Waals surface area (Å²) >= 11 is 0. The van der Waals surface area contributed by atoms with Crippen molar-refractivity contribution in [3.05, 3.63) is 0 Å². The third-order valence-corrected chi connectivity index (χ3v) is 3.61. The summed E-state index contributed by atoms with van der Waals surface area (Å²) < 4.78 is 33.6. The van der Waals surface area contributed by atoms with E-state index in [2.05, 4.69) is 25.2 Å². The molecule has 0 saturated heterocycles. The normalized spacial score (nSPS) is 13.7. The zero-order valence-corrected chi connectivity index (χ0v) is 13.6. The summed E-state index contributed by atoms with van der Waals surface area (Å²) in [7, 11) is -0.842. The minimum absolute atomic E-state index is 0.341. The van der Waals surface area contributed by atoms with E-state index >= 15 is 0 Å². The smallest absolute Gasteiger partial charge is 0.365 e. The van der Waals surface area contributed by atoms with Crippen molar-refractivity contribution in [2.24, 2.45) is 9.81 Å². The molecule has 0 aliphatic heterocycles. The Morgan fingerprint density at radius 2 is 1.79 bits per heavy atom. The van der Waals surface area contributed by atoms with Crippen LogP contribution in [-0.4, -0.2) is 37.8 Å². The molecule has 0 unspecified atom stereocenters. The molecule has 0 aromatic heterocycles. The molecule has 0 saturated carbocycles. The molecule has 0 heterocycles. The molecule has 0 atom stereocenters. The molecule has 5 nitrogen and oxygen atoms in total. The first-order valence-corrected chi connectivity index (χ1v) is 8.20. The van der Waals surface area contributed by atoms with E-state index < -0.39 is 10.3 Å². The van der Waals surface area contributed by atoms with E-state index in [9.17, 15) is 8.42 Å². The Morgan fingerprint density at radius 1 is 1.21 bits per heavy atom. The van der Waals surface area contributed by atoms with Crippen LogP contribution in [0.2, 0.25) is 0 Å². The third kappa shape index (κ3) is 9.90. The molecule has 0 aromatic rings. The highest BCUT2D eigenvalue weighted by atomic mass is 32.2. The predicted octanol–water partition coefficient (Wildman–Crippen LogP) is 3.14. The van der Waals surface area contributed by atoms with E-state index in [1.807, 2.05) is 0 Å². The molecule has 0 aromatic carbocycles. The zero-order valence-electron chi connectivity index (χ0n) is 12.8. The number of amidine groups is 1. The lowest BCUT2D eigenvalue weighted by molar-refractivity contribution is 0.293. The van der Waals surface area contributed by atoms with Gasteiger partial charge in [-0.3, -0.25) is 4.55 Å². The van der Waals surface area contributed by atoms with Gasteiger partial charge in [0.25, 0.3) is 0 Å². The third-order valence-electron chi connectivity index (χ3n) is 3.17. The molecule has 0 radical (unpaired) electrons. The van der Waals surface area contributed by atoms with Crippen LogP contribution in [0.25, 0.3) is 0 Å². The Bertz CT molecular complexity index is 387. The van der Waals surface area contributed by atoms with Crippen LogP contribution in [0.1, 0.15) is 59.3 Å². The average Bonchev–Trinajstić information content (AvgIpc) is 2.20. The van der Waals surface area contributed by atoms with Gasteiger partial charge in [-0.2, -0.15) is 8.42 Å². The van der Waals surface area contributed by atoms with Crippen molar-refractivity contribution in [3.8, 4) is 0 Å². The molecule has 6 heteroatoms. The van der Waals surface area contributed by atoms with Gasteiger partial charge in [0.1, 0.15) is 5.84 Å². The Labute approximate surface area is 118 Å². The highest BCUT2D eigenvalue weighted by Gasteiger charge is 2.16. The first kappa shape index (κ1) is 18.4. The minimum atomic E-state index is -4.30. The molecule has 0 amide bonds. The van der Waals surface area contributed by atoms with Crippen LogP contribution < -0.4 is 0 Å². The first-order valence-electron chi connectivity index (χ1n) is 6.81. The Morgan fingerprint density at radius 3 is 2.21 bits per heavy atom. The predicted molar refractivity (Wildman–Crippen MR) is 79.8 cm³/mol. The average molecular weight is 292 g/mol. The molecule has 0 rings (SSSR count).